The molecule has 2 aromatic carbocycles. The molecule has 0 saturated heterocycles. The van der Waals surface area contributed by atoms with Gasteiger partial charge in [-0.1, -0.05) is 50.7 Å². The number of anilines is 1. The fourth-order valence-electron chi connectivity index (χ4n) is 1.55. The predicted octanol–water partition coefficient (Wildman–Crippen LogP) is 6.16. The van der Waals surface area contributed by atoms with Crippen molar-refractivity contribution < 1.29 is 4.39 Å². The lowest BCUT2D eigenvalue weighted by Gasteiger charge is -2.11. The second kappa shape index (κ2) is 6.31. The molecule has 0 unspecified atom stereocenters. The molecular weight excluding hydrogens is 375 g/mol. The van der Waals surface area contributed by atoms with Gasteiger partial charge < -0.3 is 5.32 Å². The number of nitrogens with one attached hydrogen (secondary N) is 1. The summed E-state index contributed by atoms with van der Waals surface area (Å²) in [6.45, 7) is 0.283. The SMILES string of the molecule is Fc1ccc(Br)cc1NCc1c(Cl)ccc(Cl)c1Cl. The van der Waals surface area contributed by atoms with Crippen LogP contribution in [0.15, 0.2) is 34.8 Å². The molecule has 0 saturated carbocycles. The highest BCUT2D eigenvalue weighted by Crippen LogP contribution is 2.32. The van der Waals surface area contributed by atoms with Crippen molar-refractivity contribution in [3.8, 4) is 0 Å². The van der Waals surface area contributed by atoms with Crippen LogP contribution < -0.4 is 5.32 Å². The third-order valence-electron chi connectivity index (χ3n) is 2.52. The van der Waals surface area contributed by atoms with Gasteiger partial charge >= 0.3 is 0 Å². The summed E-state index contributed by atoms with van der Waals surface area (Å²) in [5.74, 6) is -0.350. The average Bonchev–Trinajstić information content (AvgIpc) is 2.38. The average molecular weight is 383 g/mol. The van der Waals surface area contributed by atoms with Gasteiger partial charge in [0, 0.05) is 21.6 Å². The summed E-state index contributed by atoms with van der Waals surface area (Å²) in [5, 5.41) is 4.22. The molecule has 1 N–H and O–H groups in total. The molecule has 0 amide bonds. The minimum absolute atomic E-state index is 0.283. The minimum atomic E-state index is -0.350. The van der Waals surface area contributed by atoms with E-state index in [1.165, 1.54) is 6.07 Å². The monoisotopic (exact) mass is 381 g/mol. The highest BCUT2D eigenvalue weighted by molar-refractivity contribution is 9.10. The first kappa shape index (κ1) is 14.9. The molecule has 1 nitrogen and oxygen atoms in total. The Balaban J connectivity index is 2.24. The largest absolute Gasteiger partial charge is 0.378 e. The van der Waals surface area contributed by atoms with E-state index < -0.39 is 0 Å². The van der Waals surface area contributed by atoms with Crippen molar-refractivity contribution >= 4 is 56.4 Å². The van der Waals surface area contributed by atoms with Gasteiger partial charge in [-0.25, -0.2) is 4.39 Å². The van der Waals surface area contributed by atoms with Gasteiger partial charge in [-0.15, -0.1) is 0 Å². The van der Waals surface area contributed by atoms with Crippen LogP contribution in [0.2, 0.25) is 15.1 Å². The summed E-state index contributed by atoms with van der Waals surface area (Å²) in [4.78, 5) is 0. The Morgan fingerprint density at radius 2 is 1.74 bits per heavy atom. The first-order valence-electron chi connectivity index (χ1n) is 5.30. The fraction of sp³-hybridized carbons (Fsp3) is 0.0769. The number of rotatable bonds is 3. The lowest BCUT2D eigenvalue weighted by molar-refractivity contribution is 0.630. The summed E-state index contributed by atoms with van der Waals surface area (Å²) in [7, 11) is 0. The molecule has 6 heteroatoms. The molecule has 0 atom stereocenters. The summed E-state index contributed by atoms with van der Waals surface area (Å²) >= 11 is 21.3. The van der Waals surface area contributed by atoms with E-state index in [1.807, 2.05) is 0 Å². The van der Waals surface area contributed by atoms with Crippen LogP contribution in [0.1, 0.15) is 5.56 Å². The molecule has 100 valence electrons. The number of benzene rings is 2. The molecule has 0 fully saturated rings. The molecular formula is C13H8BrCl3FN. The zero-order chi connectivity index (χ0) is 14.0. The highest BCUT2D eigenvalue weighted by Gasteiger charge is 2.10. The Labute approximate surface area is 133 Å². The molecule has 0 aliphatic heterocycles. The molecule has 0 heterocycles. The van der Waals surface area contributed by atoms with Gasteiger partial charge in [-0.3, -0.25) is 0 Å². The third kappa shape index (κ3) is 3.54. The standard InChI is InChI=1S/C13H8BrCl3FN/c14-7-1-4-11(18)12(5-7)19-6-8-9(15)2-3-10(16)13(8)17/h1-5,19H,6H2. The van der Waals surface area contributed by atoms with Crippen LogP contribution in [0.3, 0.4) is 0 Å². The topological polar surface area (TPSA) is 12.0 Å². The second-order valence-electron chi connectivity index (χ2n) is 3.80. The maximum Gasteiger partial charge on any atom is 0.146 e. The van der Waals surface area contributed by atoms with Gasteiger partial charge in [0.25, 0.3) is 0 Å². The molecule has 2 aromatic rings. The van der Waals surface area contributed by atoms with Crippen molar-refractivity contribution in [1.29, 1.82) is 0 Å². The summed E-state index contributed by atoms with van der Waals surface area (Å²) < 4.78 is 14.4. The third-order valence-corrected chi connectivity index (χ3v) is 4.21. The maximum atomic E-state index is 13.6. The summed E-state index contributed by atoms with van der Waals surface area (Å²) in [6, 6.07) is 7.91. The lowest BCUT2D eigenvalue weighted by atomic mass is 10.2. The molecule has 0 aliphatic rings. The van der Waals surface area contributed by atoms with Gasteiger partial charge in [0.1, 0.15) is 5.82 Å². The van der Waals surface area contributed by atoms with E-state index in [2.05, 4.69) is 21.2 Å². The number of hydrogen-bond acceptors (Lipinski definition) is 1. The van der Waals surface area contributed by atoms with Crippen LogP contribution in [-0.4, -0.2) is 0 Å². The molecule has 0 spiro atoms. The lowest BCUT2D eigenvalue weighted by Crippen LogP contribution is -2.03. The van der Waals surface area contributed by atoms with Crippen molar-refractivity contribution in [2.75, 3.05) is 5.32 Å². The van der Waals surface area contributed by atoms with Gasteiger partial charge in [0.05, 0.1) is 15.7 Å². The van der Waals surface area contributed by atoms with Crippen LogP contribution in [0.25, 0.3) is 0 Å². The van der Waals surface area contributed by atoms with E-state index in [9.17, 15) is 4.39 Å². The van der Waals surface area contributed by atoms with Crippen LogP contribution in [0.5, 0.6) is 0 Å². The van der Waals surface area contributed by atoms with E-state index >= 15 is 0 Å². The Morgan fingerprint density at radius 3 is 2.47 bits per heavy atom. The highest BCUT2D eigenvalue weighted by atomic mass is 79.9. The van der Waals surface area contributed by atoms with Crippen LogP contribution in [0, 0.1) is 5.82 Å². The molecule has 0 bridgehead atoms. The van der Waals surface area contributed by atoms with Crippen LogP contribution in [0.4, 0.5) is 10.1 Å². The number of halogens is 5. The van der Waals surface area contributed by atoms with E-state index in [-0.39, 0.29) is 12.4 Å². The Hall–Kier alpha value is -0.480. The first-order valence-corrected chi connectivity index (χ1v) is 7.23. The number of hydrogen-bond donors (Lipinski definition) is 1. The summed E-state index contributed by atoms with van der Waals surface area (Å²) in [6.07, 6.45) is 0. The maximum absolute atomic E-state index is 13.6. The van der Waals surface area contributed by atoms with E-state index in [0.717, 1.165) is 4.47 Å². The van der Waals surface area contributed by atoms with Gasteiger partial charge in [-0.05, 0) is 30.3 Å². The van der Waals surface area contributed by atoms with Gasteiger partial charge in [-0.2, -0.15) is 0 Å². The molecule has 19 heavy (non-hydrogen) atoms. The van der Waals surface area contributed by atoms with E-state index in [1.54, 1.807) is 24.3 Å². The van der Waals surface area contributed by atoms with Crippen molar-refractivity contribution in [3.05, 3.63) is 61.3 Å². The Bertz CT molecular complexity index is 619. The van der Waals surface area contributed by atoms with Crippen molar-refractivity contribution in [1.82, 2.24) is 0 Å². The van der Waals surface area contributed by atoms with E-state index in [4.69, 9.17) is 34.8 Å². The molecule has 0 aliphatic carbocycles. The van der Waals surface area contributed by atoms with Crippen molar-refractivity contribution in [2.24, 2.45) is 0 Å². The molecule has 2 rings (SSSR count). The predicted molar refractivity (Wildman–Crippen MR) is 82.9 cm³/mol. The Kier molecular flexibility index (Phi) is 4.96. The van der Waals surface area contributed by atoms with Gasteiger partial charge in [0.15, 0.2) is 0 Å². The first-order chi connectivity index (χ1) is 8.99. The van der Waals surface area contributed by atoms with Crippen molar-refractivity contribution in [2.45, 2.75) is 6.54 Å². The molecule has 0 aromatic heterocycles. The fourth-order valence-corrected chi connectivity index (χ4v) is 2.59. The zero-order valence-electron chi connectivity index (χ0n) is 9.48. The Morgan fingerprint density at radius 1 is 1.05 bits per heavy atom. The zero-order valence-corrected chi connectivity index (χ0v) is 13.3. The van der Waals surface area contributed by atoms with Crippen LogP contribution >= 0.6 is 50.7 Å². The normalized spacial score (nSPS) is 10.6. The van der Waals surface area contributed by atoms with Crippen molar-refractivity contribution in [3.63, 3.8) is 0 Å². The summed E-state index contributed by atoms with van der Waals surface area (Å²) in [5.41, 5.74) is 0.997. The minimum Gasteiger partial charge on any atom is -0.378 e. The van der Waals surface area contributed by atoms with Gasteiger partial charge in [0.2, 0.25) is 0 Å². The van der Waals surface area contributed by atoms with Crippen LogP contribution in [-0.2, 0) is 6.54 Å². The van der Waals surface area contributed by atoms with E-state index in [0.29, 0.717) is 26.3 Å². The molecule has 0 radical (unpaired) electrons. The second-order valence-corrected chi connectivity index (χ2v) is 5.91. The smallest absolute Gasteiger partial charge is 0.146 e. The quantitative estimate of drug-likeness (QED) is 0.626.